The molecule has 1 fully saturated rings. The monoisotopic (exact) mass is 313 g/mol. The second-order valence-corrected chi connectivity index (χ2v) is 6.14. The first-order chi connectivity index (χ1) is 11.1. The molecule has 1 amide bonds. The van der Waals surface area contributed by atoms with Gasteiger partial charge in [-0.05, 0) is 32.0 Å². The lowest BCUT2D eigenvalue weighted by Gasteiger charge is -2.23. The van der Waals surface area contributed by atoms with E-state index in [1.165, 1.54) is 11.0 Å². The number of hydrogen-bond acceptors (Lipinski definition) is 3. The summed E-state index contributed by atoms with van der Waals surface area (Å²) in [6.45, 7) is 4.94. The number of nitrogens with one attached hydrogen (secondary N) is 1. The molecule has 0 bridgehead atoms. The Morgan fingerprint density at radius 1 is 1.30 bits per heavy atom. The molecule has 3 rings (SSSR count). The first-order valence-electron chi connectivity index (χ1n) is 8.22. The SMILES string of the molecule is CCN1CCCC1CNC(=O)c1cn(C)c(=O)c2ccccc12. The maximum Gasteiger partial charge on any atom is 0.258 e. The van der Waals surface area contributed by atoms with Crippen LogP contribution in [0.5, 0.6) is 0 Å². The molecular weight excluding hydrogens is 290 g/mol. The molecule has 0 radical (unpaired) electrons. The Morgan fingerprint density at radius 3 is 2.78 bits per heavy atom. The lowest BCUT2D eigenvalue weighted by molar-refractivity contribution is 0.0942. The van der Waals surface area contributed by atoms with Crippen molar-refractivity contribution in [3.05, 3.63) is 46.4 Å². The Kier molecular flexibility index (Phi) is 4.48. The van der Waals surface area contributed by atoms with Crippen LogP contribution in [0.25, 0.3) is 10.8 Å². The summed E-state index contributed by atoms with van der Waals surface area (Å²) < 4.78 is 1.48. The van der Waals surface area contributed by atoms with Crippen LogP contribution in [-0.2, 0) is 7.05 Å². The molecule has 0 aliphatic carbocycles. The fraction of sp³-hybridized carbons (Fsp3) is 0.444. The maximum atomic E-state index is 12.6. The summed E-state index contributed by atoms with van der Waals surface area (Å²) in [5.74, 6) is -0.111. The molecule has 5 nitrogen and oxygen atoms in total. The Balaban J connectivity index is 1.84. The number of pyridine rings is 1. The van der Waals surface area contributed by atoms with Crippen LogP contribution in [0, 0.1) is 0 Å². The van der Waals surface area contributed by atoms with Crippen molar-refractivity contribution in [1.82, 2.24) is 14.8 Å². The van der Waals surface area contributed by atoms with Crippen molar-refractivity contribution >= 4 is 16.7 Å². The molecule has 5 heteroatoms. The number of carbonyl (C=O) groups is 1. The number of amides is 1. The average molecular weight is 313 g/mol. The molecule has 2 heterocycles. The van der Waals surface area contributed by atoms with E-state index in [0.717, 1.165) is 19.5 Å². The largest absolute Gasteiger partial charge is 0.350 e. The molecule has 1 atom stereocenters. The molecule has 1 aromatic carbocycles. The number of fused-ring (bicyclic) bond motifs is 1. The van der Waals surface area contributed by atoms with E-state index in [1.54, 1.807) is 19.3 Å². The van der Waals surface area contributed by atoms with Gasteiger partial charge in [-0.2, -0.15) is 0 Å². The molecule has 1 aromatic heterocycles. The number of aryl methyl sites for hydroxylation is 1. The zero-order valence-electron chi connectivity index (χ0n) is 13.7. The van der Waals surface area contributed by atoms with Gasteiger partial charge in [-0.15, -0.1) is 0 Å². The second-order valence-electron chi connectivity index (χ2n) is 6.14. The van der Waals surface area contributed by atoms with Crippen LogP contribution in [0.1, 0.15) is 30.1 Å². The van der Waals surface area contributed by atoms with Gasteiger partial charge in [0.25, 0.3) is 11.5 Å². The third-order valence-electron chi connectivity index (χ3n) is 4.74. The normalized spacial score (nSPS) is 18.4. The van der Waals surface area contributed by atoms with Crippen molar-refractivity contribution in [2.75, 3.05) is 19.6 Å². The molecular formula is C18H23N3O2. The number of rotatable bonds is 4. The highest BCUT2D eigenvalue weighted by Gasteiger charge is 2.23. The number of likely N-dealkylation sites (tertiary alicyclic amines) is 1. The summed E-state index contributed by atoms with van der Waals surface area (Å²) in [5, 5.41) is 4.34. The third kappa shape index (κ3) is 3.01. The molecule has 2 aromatic rings. The van der Waals surface area contributed by atoms with Gasteiger partial charge in [0.2, 0.25) is 0 Å². The zero-order valence-corrected chi connectivity index (χ0v) is 13.7. The highest BCUT2D eigenvalue weighted by molar-refractivity contribution is 6.06. The number of carbonyl (C=O) groups excluding carboxylic acids is 1. The van der Waals surface area contributed by atoms with Crippen LogP contribution in [0.15, 0.2) is 35.3 Å². The minimum atomic E-state index is -0.111. The first-order valence-corrected chi connectivity index (χ1v) is 8.22. The van der Waals surface area contributed by atoms with Crippen LogP contribution in [0.4, 0.5) is 0 Å². The standard InChI is InChI=1S/C18H23N3O2/c1-3-21-10-6-7-13(21)11-19-17(22)16-12-20(2)18(23)15-9-5-4-8-14(15)16/h4-5,8-9,12-13H,3,6-7,10-11H2,1-2H3,(H,19,22). The third-order valence-corrected chi connectivity index (χ3v) is 4.74. The van der Waals surface area contributed by atoms with Crippen LogP contribution < -0.4 is 10.9 Å². The van der Waals surface area contributed by atoms with Crippen molar-refractivity contribution in [1.29, 1.82) is 0 Å². The van der Waals surface area contributed by atoms with E-state index >= 15 is 0 Å². The minimum Gasteiger partial charge on any atom is -0.350 e. The molecule has 0 saturated carbocycles. The van der Waals surface area contributed by atoms with E-state index < -0.39 is 0 Å². The molecule has 1 saturated heterocycles. The van der Waals surface area contributed by atoms with Crippen molar-refractivity contribution in [3.63, 3.8) is 0 Å². The van der Waals surface area contributed by atoms with Crippen molar-refractivity contribution in [2.24, 2.45) is 7.05 Å². The van der Waals surface area contributed by atoms with Gasteiger partial charge >= 0.3 is 0 Å². The lowest BCUT2D eigenvalue weighted by Crippen LogP contribution is -2.40. The van der Waals surface area contributed by atoms with E-state index in [1.807, 2.05) is 18.2 Å². The molecule has 1 aliphatic rings. The fourth-order valence-electron chi connectivity index (χ4n) is 3.45. The second kappa shape index (κ2) is 6.54. The van der Waals surface area contributed by atoms with Gasteiger partial charge in [0.15, 0.2) is 0 Å². The van der Waals surface area contributed by atoms with Gasteiger partial charge in [0.1, 0.15) is 0 Å². The van der Waals surface area contributed by atoms with Gasteiger partial charge in [0, 0.05) is 36.6 Å². The summed E-state index contributed by atoms with van der Waals surface area (Å²) in [6, 6.07) is 7.70. The molecule has 1 N–H and O–H groups in total. The number of nitrogens with zero attached hydrogens (tertiary/aromatic N) is 2. The summed E-state index contributed by atoms with van der Waals surface area (Å²) >= 11 is 0. The lowest BCUT2D eigenvalue weighted by atomic mass is 10.1. The zero-order chi connectivity index (χ0) is 16.4. The number of hydrogen-bond donors (Lipinski definition) is 1. The van der Waals surface area contributed by atoms with Crippen LogP contribution >= 0.6 is 0 Å². The van der Waals surface area contributed by atoms with Crippen LogP contribution in [-0.4, -0.2) is 41.1 Å². The first kappa shape index (κ1) is 15.7. The highest BCUT2D eigenvalue weighted by Crippen LogP contribution is 2.17. The van der Waals surface area contributed by atoms with E-state index in [9.17, 15) is 9.59 Å². The van der Waals surface area contributed by atoms with Crippen LogP contribution in [0.2, 0.25) is 0 Å². The number of benzene rings is 1. The summed E-state index contributed by atoms with van der Waals surface area (Å²) in [4.78, 5) is 27.2. The van der Waals surface area contributed by atoms with E-state index in [0.29, 0.717) is 28.9 Å². The predicted molar refractivity (Wildman–Crippen MR) is 91.8 cm³/mol. The van der Waals surface area contributed by atoms with E-state index in [4.69, 9.17) is 0 Å². The summed E-state index contributed by atoms with van der Waals surface area (Å²) in [6.07, 6.45) is 3.95. The van der Waals surface area contributed by atoms with Gasteiger partial charge in [0.05, 0.1) is 5.56 Å². The smallest absolute Gasteiger partial charge is 0.258 e. The molecule has 1 aliphatic heterocycles. The highest BCUT2D eigenvalue weighted by atomic mass is 16.2. The topological polar surface area (TPSA) is 54.3 Å². The average Bonchev–Trinajstić information content (AvgIpc) is 3.03. The van der Waals surface area contributed by atoms with Crippen molar-refractivity contribution in [3.8, 4) is 0 Å². The van der Waals surface area contributed by atoms with Crippen molar-refractivity contribution < 1.29 is 4.79 Å². The van der Waals surface area contributed by atoms with Crippen LogP contribution in [0.3, 0.4) is 0 Å². The van der Waals surface area contributed by atoms with E-state index in [-0.39, 0.29) is 11.5 Å². The molecule has 23 heavy (non-hydrogen) atoms. The molecule has 1 unspecified atom stereocenters. The maximum absolute atomic E-state index is 12.6. The molecule has 122 valence electrons. The Hall–Kier alpha value is -2.14. The van der Waals surface area contributed by atoms with Gasteiger partial charge in [-0.3, -0.25) is 14.5 Å². The van der Waals surface area contributed by atoms with E-state index in [2.05, 4.69) is 17.1 Å². The van der Waals surface area contributed by atoms with Gasteiger partial charge < -0.3 is 9.88 Å². The Morgan fingerprint density at radius 2 is 2.04 bits per heavy atom. The predicted octanol–water partition coefficient (Wildman–Crippen LogP) is 1.75. The van der Waals surface area contributed by atoms with Crippen molar-refractivity contribution in [2.45, 2.75) is 25.8 Å². The summed E-state index contributed by atoms with van der Waals surface area (Å²) in [7, 11) is 1.68. The quantitative estimate of drug-likeness (QED) is 0.936. The Labute approximate surface area is 135 Å². The molecule has 0 spiro atoms. The van der Waals surface area contributed by atoms with Gasteiger partial charge in [-0.1, -0.05) is 25.1 Å². The fourth-order valence-corrected chi connectivity index (χ4v) is 3.45. The Bertz CT molecular complexity index is 781. The number of aromatic nitrogens is 1. The summed E-state index contributed by atoms with van der Waals surface area (Å²) in [5.41, 5.74) is 0.480. The minimum absolute atomic E-state index is 0.0786. The van der Waals surface area contributed by atoms with Gasteiger partial charge in [-0.25, -0.2) is 0 Å². The number of likely N-dealkylation sites (N-methyl/N-ethyl adjacent to an activating group) is 1.